The number of aliphatic hydroxyl groups excluding tert-OH is 2. The lowest BCUT2D eigenvalue weighted by Crippen LogP contribution is -2.30. The standard InChI is InChI=1S/C23H26OS.C9H13NO3.CH4O/c1-5-11-19(12-6-2)23(25-7-3,20-13-9-8-10-14-20)21-15-17-22(24-4)18-16-21;1-10-9(11)13-8-5-3-7(12-2)4-6-8;1-2/h5-6,8-18H,1,7H2,2-4H3;3-6,9-11H,1-2H3;2H,1H3/b12-6-,19-11+;;. The normalized spacial score (nSPS) is 13.1. The molecule has 3 aromatic carbocycles. The third kappa shape index (κ3) is 9.92. The van der Waals surface area contributed by atoms with Crippen molar-refractivity contribution in [3.8, 4) is 17.2 Å². The lowest BCUT2D eigenvalue weighted by atomic mass is 9.83. The maximum absolute atomic E-state index is 9.07. The van der Waals surface area contributed by atoms with Gasteiger partial charge in [0.2, 0.25) is 0 Å². The molecular formula is C33H43NO5S. The second kappa shape index (κ2) is 19.6. The van der Waals surface area contributed by atoms with Crippen LogP contribution in [0.3, 0.4) is 0 Å². The number of nitrogens with one attached hydrogen (secondary N) is 1. The Hall–Kier alpha value is -3.49. The highest BCUT2D eigenvalue weighted by molar-refractivity contribution is 8.00. The van der Waals surface area contributed by atoms with E-state index < -0.39 is 6.41 Å². The van der Waals surface area contributed by atoms with Crippen LogP contribution in [0, 0.1) is 0 Å². The Morgan fingerprint density at radius 2 is 1.40 bits per heavy atom. The molecule has 216 valence electrons. The number of allylic oxidation sites excluding steroid dienone is 4. The first-order valence-corrected chi connectivity index (χ1v) is 13.9. The van der Waals surface area contributed by atoms with E-state index in [2.05, 4.69) is 86.4 Å². The minimum absolute atomic E-state index is 0.289. The van der Waals surface area contributed by atoms with E-state index in [-0.39, 0.29) is 4.75 Å². The van der Waals surface area contributed by atoms with Gasteiger partial charge < -0.3 is 24.4 Å². The SMILES string of the molecule is C=C/C=C(\C=C/C)C(SCC)(c1ccccc1)c1ccc(OC)cc1.CNC(O)Oc1ccc(OC)cc1.CO. The number of aliphatic hydroxyl groups is 2. The quantitative estimate of drug-likeness (QED) is 0.170. The number of hydrogen-bond donors (Lipinski definition) is 3. The van der Waals surface area contributed by atoms with Crippen molar-refractivity contribution in [2.75, 3.05) is 34.1 Å². The van der Waals surface area contributed by atoms with Crippen LogP contribution >= 0.6 is 11.8 Å². The largest absolute Gasteiger partial charge is 0.497 e. The molecule has 0 aliphatic heterocycles. The summed E-state index contributed by atoms with van der Waals surface area (Å²) in [5, 5.41) is 18.6. The molecule has 7 heteroatoms. The molecular weight excluding hydrogens is 522 g/mol. The van der Waals surface area contributed by atoms with Crippen LogP contribution in [0.2, 0.25) is 0 Å². The van der Waals surface area contributed by atoms with Crippen molar-refractivity contribution in [3.05, 3.63) is 126 Å². The summed E-state index contributed by atoms with van der Waals surface area (Å²) in [6.45, 7) is 8.19. The van der Waals surface area contributed by atoms with Crippen molar-refractivity contribution in [2.24, 2.45) is 0 Å². The van der Waals surface area contributed by atoms with E-state index in [0.717, 1.165) is 24.4 Å². The van der Waals surface area contributed by atoms with E-state index in [1.165, 1.54) is 16.7 Å². The highest BCUT2D eigenvalue weighted by Gasteiger charge is 2.37. The van der Waals surface area contributed by atoms with E-state index in [1.54, 1.807) is 45.5 Å². The highest BCUT2D eigenvalue weighted by Crippen LogP contribution is 2.49. The van der Waals surface area contributed by atoms with Gasteiger partial charge in [0.25, 0.3) is 6.41 Å². The zero-order valence-electron chi connectivity index (χ0n) is 24.3. The predicted octanol–water partition coefficient (Wildman–Crippen LogP) is 6.56. The van der Waals surface area contributed by atoms with Crippen LogP contribution in [-0.4, -0.2) is 50.8 Å². The first kappa shape index (κ1) is 34.5. The van der Waals surface area contributed by atoms with Crippen molar-refractivity contribution in [2.45, 2.75) is 25.0 Å². The van der Waals surface area contributed by atoms with Gasteiger partial charge in [-0.2, -0.15) is 0 Å². The molecule has 6 nitrogen and oxygen atoms in total. The molecule has 0 aliphatic rings. The van der Waals surface area contributed by atoms with Crippen LogP contribution in [-0.2, 0) is 4.75 Å². The Kier molecular flexibility index (Phi) is 16.9. The average Bonchev–Trinajstić information content (AvgIpc) is 3.02. The summed E-state index contributed by atoms with van der Waals surface area (Å²) < 4.78 is 15.1. The van der Waals surface area contributed by atoms with Gasteiger partial charge in [0.05, 0.1) is 19.0 Å². The summed E-state index contributed by atoms with van der Waals surface area (Å²) >= 11 is 1.92. The Balaban J connectivity index is 0.000000448. The van der Waals surface area contributed by atoms with Gasteiger partial charge in [-0.05, 0) is 72.8 Å². The van der Waals surface area contributed by atoms with Crippen molar-refractivity contribution in [1.29, 1.82) is 0 Å². The fourth-order valence-corrected chi connectivity index (χ4v) is 5.25. The number of hydrogen-bond acceptors (Lipinski definition) is 7. The molecule has 0 spiro atoms. The maximum Gasteiger partial charge on any atom is 0.256 e. The number of benzene rings is 3. The van der Waals surface area contributed by atoms with Crippen LogP contribution in [0.25, 0.3) is 0 Å². The van der Waals surface area contributed by atoms with Crippen LogP contribution in [0.1, 0.15) is 25.0 Å². The average molecular weight is 566 g/mol. The van der Waals surface area contributed by atoms with Crippen molar-refractivity contribution < 1.29 is 24.4 Å². The second-order valence-corrected chi connectivity index (χ2v) is 9.48. The molecule has 0 saturated carbocycles. The van der Waals surface area contributed by atoms with Crippen LogP contribution in [0.4, 0.5) is 0 Å². The lowest BCUT2D eigenvalue weighted by Gasteiger charge is -2.36. The van der Waals surface area contributed by atoms with Gasteiger partial charge in [0, 0.05) is 7.11 Å². The van der Waals surface area contributed by atoms with E-state index in [4.69, 9.17) is 24.4 Å². The zero-order chi connectivity index (χ0) is 29.8. The summed E-state index contributed by atoms with van der Waals surface area (Å²) in [5.41, 5.74) is 3.71. The first-order chi connectivity index (χ1) is 19.5. The van der Waals surface area contributed by atoms with Crippen LogP contribution in [0.5, 0.6) is 17.2 Å². The van der Waals surface area contributed by atoms with Crippen molar-refractivity contribution in [3.63, 3.8) is 0 Å². The van der Waals surface area contributed by atoms with Crippen LogP contribution in [0.15, 0.2) is 115 Å². The number of thioether (sulfide) groups is 1. The monoisotopic (exact) mass is 565 g/mol. The minimum Gasteiger partial charge on any atom is -0.497 e. The molecule has 2 unspecified atom stereocenters. The minimum atomic E-state index is -0.978. The fraction of sp³-hybridized carbons (Fsp3) is 0.273. The Bertz CT molecular complexity index is 1150. The van der Waals surface area contributed by atoms with Gasteiger partial charge in [-0.25, -0.2) is 0 Å². The molecule has 3 N–H and O–H groups in total. The summed E-state index contributed by atoms with van der Waals surface area (Å²) in [7, 11) is 5.90. The molecule has 0 saturated heterocycles. The molecule has 3 rings (SSSR count). The predicted molar refractivity (Wildman–Crippen MR) is 168 cm³/mol. The fourth-order valence-electron chi connectivity index (χ4n) is 3.90. The summed E-state index contributed by atoms with van der Waals surface area (Å²) in [6, 6.07) is 26.0. The molecule has 0 aromatic heterocycles. The van der Waals surface area contributed by atoms with E-state index in [1.807, 2.05) is 30.0 Å². The number of methoxy groups -OCH3 is 2. The Morgan fingerprint density at radius 3 is 1.85 bits per heavy atom. The van der Waals surface area contributed by atoms with Gasteiger partial charge in [-0.1, -0.05) is 80.3 Å². The molecule has 40 heavy (non-hydrogen) atoms. The zero-order valence-corrected chi connectivity index (χ0v) is 25.2. The molecule has 0 heterocycles. The molecule has 0 fully saturated rings. The molecule has 2 atom stereocenters. The van der Waals surface area contributed by atoms with Crippen molar-refractivity contribution in [1.82, 2.24) is 5.32 Å². The van der Waals surface area contributed by atoms with Crippen molar-refractivity contribution >= 4 is 11.8 Å². The smallest absolute Gasteiger partial charge is 0.256 e. The third-order valence-electron chi connectivity index (χ3n) is 5.64. The van der Waals surface area contributed by atoms with Gasteiger partial charge in [0.1, 0.15) is 17.2 Å². The summed E-state index contributed by atoms with van der Waals surface area (Å²) in [4.78, 5) is 0. The number of rotatable bonds is 12. The Morgan fingerprint density at radius 1 is 0.900 bits per heavy atom. The topological polar surface area (TPSA) is 80.2 Å². The van der Waals surface area contributed by atoms with Gasteiger partial charge in [0.15, 0.2) is 0 Å². The van der Waals surface area contributed by atoms with Gasteiger partial charge in [-0.15, -0.1) is 11.8 Å². The van der Waals surface area contributed by atoms with E-state index in [9.17, 15) is 0 Å². The molecule has 3 aromatic rings. The molecule has 0 amide bonds. The van der Waals surface area contributed by atoms with Crippen LogP contribution < -0.4 is 19.5 Å². The first-order valence-electron chi connectivity index (χ1n) is 12.9. The maximum atomic E-state index is 9.07. The van der Waals surface area contributed by atoms with Gasteiger partial charge in [-0.3, -0.25) is 5.32 Å². The molecule has 0 radical (unpaired) electrons. The van der Waals surface area contributed by atoms with E-state index in [0.29, 0.717) is 5.75 Å². The molecule has 0 aliphatic carbocycles. The third-order valence-corrected chi connectivity index (χ3v) is 7.07. The van der Waals surface area contributed by atoms with E-state index >= 15 is 0 Å². The molecule has 0 bridgehead atoms. The number of ether oxygens (including phenoxy) is 3. The second-order valence-electron chi connectivity index (χ2n) is 8.00. The highest BCUT2D eigenvalue weighted by atomic mass is 32.2. The lowest BCUT2D eigenvalue weighted by molar-refractivity contribution is -0.0380. The Labute approximate surface area is 244 Å². The summed E-state index contributed by atoms with van der Waals surface area (Å²) in [5.74, 6) is 3.20. The summed E-state index contributed by atoms with van der Waals surface area (Å²) in [6.07, 6.45) is 7.27. The van der Waals surface area contributed by atoms with Gasteiger partial charge >= 0.3 is 0 Å².